The molecule has 0 aliphatic carbocycles. The molecule has 0 aliphatic rings. The lowest BCUT2D eigenvalue weighted by Crippen LogP contribution is -2.33. The van der Waals surface area contributed by atoms with E-state index in [0.29, 0.717) is 25.8 Å². The predicted octanol–water partition coefficient (Wildman–Crippen LogP) is 0.248. The van der Waals surface area contributed by atoms with Crippen LogP contribution in [0.2, 0.25) is 0 Å². The molecule has 0 amide bonds. The van der Waals surface area contributed by atoms with Gasteiger partial charge in [0.2, 0.25) is 10.0 Å². The van der Waals surface area contributed by atoms with Crippen molar-refractivity contribution in [2.24, 2.45) is 0 Å². The molecular weight excluding hydrogens is 305 g/mol. The summed E-state index contributed by atoms with van der Waals surface area (Å²) in [4.78, 5) is 9.29. The fourth-order valence-electron chi connectivity index (χ4n) is 1.51. The average Bonchev–Trinajstić information content (AvgIpc) is 2.42. The number of nitrogens with one attached hydrogen (secondary N) is 2. The van der Waals surface area contributed by atoms with Crippen LogP contribution in [-0.4, -0.2) is 46.7 Å². The number of rotatable bonds is 9. The summed E-state index contributed by atoms with van der Waals surface area (Å²) in [5, 5.41) is 13.7. The van der Waals surface area contributed by atoms with Crippen molar-refractivity contribution in [2.45, 2.75) is 4.90 Å². The third kappa shape index (κ3) is 5.34. The minimum Gasteiger partial charge on any atom is -0.383 e. The predicted molar refractivity (Wildman–Crippen MR) is 73.0 cm³/mol. The van der Waals surface area contributed by atoms with Gasteiger partial charge >= 0.3 is 0 Å². The third-order valence-electron chi connectivity index (χ3n) is 2.48. The second-order valence-corrected chi connectivity index (χ2v) is 5.75. The van der Waals surface area contributed by atoms with Gasteiger partial charge in [-0.15, -0.1) is 0 Å². The van der Waals surface area contributed by atoms with E-state index in [9.17, 15) is 22.9 Å². The first-order valence-corrected chi connectivity index (χ1v) is 7.50. The van der Waals surface area contributed by atoms with E-state index in [1.165, 1.54) is 7.11 Å². The number of benzene rings is 1. The number of sulfonamides is 1. The van der Waals surface area contributed by atoms with Crippen LogP contribution in [0.5, 0.6) is 0 Å². The Balaban J connectivity index is 2.72. The smallest absolute Gasteiger partial charge is 0.292 e. The molecule has 10 heteroatoms. The molecule has 21 heavy (non-hydrogen) atoms. The molecule has 0 radical (unpaired) electrons. The Morgan fingerprint density at radius 3 is 2.67 bits per heavy atom. The van der Waals surface area contributed by atoms with Gasteiger partial charge in [0.05, 0.1) is 17.6 Å². The van der Waals surface area contributed by atoms with Crippen molar-refractivity contribution in [1.29, 1.82) is 0 Å². The van der Waals surface area contributed by atoms with Gasteiger partial charge in [-0.3, -0.25) is 10.1 Å². The molecule has 8 nitrogen and oxygen atoms in total. The van der Waals surface area contributed by atoms with Gasteiger partial charge in [0.15, 0.2) is 4.90 Å². The molecule has 1 aromatic carbocycles. The van der Waals surface area contributed by atoms with E-state index in [0.717, 1.165) is 12.1 Å². The number of halogens is 1. The number of nitro groups is 1. The second-order valence-electron chi connectivity index (χ2n) is 4.01. The van der Waals surface area contributed by atoms with Crippen molar-refractivity contribution in [3.8, 4) is 0 Å². The van der Waals surface area contributed by atoms with Gasteiger partial charge in [0.1, 0.15) is 5.82 Å². The summed E-state index contributed by atoms with van der Waals surface area (Å²) in [6.45, 7) is 1.41. The molecule has 0 spiro atoms. The topological polar surface area (TPSA) is 111 Å². The van der Waals surface area contributed by atoms with E-state index in [1.807, 2.05) is 0 Å². The molecule has 0 fully saturated rings. The maximum absolute atomic E-state index is 13.0. The molecule has 0 aliphatic heterocycles. The number of ether oxygens (including phenoxy) is 1. The summed E-state index contributed by atoms with van der Waals surface area (Å²) in [7, 11) is -2.54. The second kappa shape index (κ2) is 7.98. The highest BCUT2D eigenvalue weighted by molar-refractivity contribution is 7.89. The van der Waals surface area contributed by atoms with Crippen LogP contribution in [0.4, 0.5) is 10.1 Å². The lowest BCUT2D eigenvalue weighted by atomic mass is 10.3. The van der Waals surface area contributed by atoms with Crippen molar-refractivity contribution < 1.29 is 22.5 Å². The molecule has 0 saturated heterocycles. The van der Waals surface area contributed by atoms with Crippen LogP contribution in [-0.2, 0) is 14.8 Å². The van der Waals surface area contributed by atoms with E-state index in [4.69, 9.17) is 4.74 Å². The Hall–Kier alpha value is -1.62. The fourth-order valence-corrected chi connectivity index (χ4v) is 2.69. The molecule has 0 unspecified atom stereocenters. The summed E-state index contributed by atoms with van der Waals surface area (Å²) in [6, 6.07) is 2.30. The highest BCUT2D eigenvalue weighted by Crippen LogP contribution is 2.24. The van der Waals surface area contributed by atoms with Crippen LogP contribution >= 0.6 is 0 Å². The quantitative estimate of drug-likeness (QED) is 0.383. The first kappa shape index (κ1) is 17.4. The summed E-state index contributed by atoms with van der Waals surface area (Å²) in [5.74, 6) is -0.873. The lowest BCUT2D eigenvalue weighted by Gasteiger charge is -2.08. The zero-order valence-corrected chi connectivity index (χ0v) is 12.2. The first-order valence-electron chi connectivity index (χ1n) is 6.01. The van der Waals surface area contributed by atoms with Crippen LogP contribution in [0.1, 0.15) is 0 Å². The molecule has 0 bridgehead atoms. The zero-order chi connectivity index (χ0) is 15.9. The SMILES string of the molecule is COCCNCCNS(=O)(=O)c1ccc(F)cc1[N+](=O)[O-]. The summed E-state index contributed by atoms with van der Waals surface area (Å²) in [6.07, 6.45) is 0. The minimum absolute atomic E-state index is 0.0422. The van der Waals surface area contributed by atoms with Crippen molar-refractivity contribution in [3.63, 3.8) is 0 Å². The molecule has 0 saturated carbocycles. The fraction of sp³-hybridized carbons (Fsp3) is 0.455. The Morgan fingerprint density at radius 2 is 2.05 bits per heavy atom. The van der Waals surface area contributed by atoms with Crippen molar-refractivity contribution in [2.75, 3.05) is 33.4 Å². The maximum atomic E-state index is 13.0. The number of methoxy groups -OCH3 is 1. The Labute approximate surface area is 121 Å². The number of nitrogens with zero attached hydrogens (tertiary/aromatic N) is 1. The molecule has 0 atom stereocenters. The van der Waals surface area contributed by atoms with Crippen LogP contribution in [0.15, 0.2) is 23.1 Å². The van der Waals surface area contributed by atoms with Crippen molar-refractivity contribution >= 4 is 15.7 Å². The number of nitro benzene ring substituents is 1. The number of hydrogen-bond donors (Lipinski definition) is 2. The molecule has 1 aromatic rings. The molecular formula is C11H16FN3O5S. The molecule has 1 rings (SSSR count). The van der Waals surface area contributed by atoms with Gasteiger partial charge in [-0.05, 0) is 12.1 Å². The summed E-state index contributed by atoms with van der Waals surface area (Å²) in [5.41, 5.74) is -0.796. The number of hydrogen-bond acceptors (Lipinski definition) is 6. The summed E-state index contributed by atoms with van der Waals surface area (Å²) >= 11 is 0. The minimum atomic E-state index is -4.08. The Bertz CT molecular complexity index is 594. The molecule has 2 N–H and O–H groups in total. The van der Waals surface area contributed by atoms with Gasteiger partial charge in [0.25, 0.3) is 5.69 Å². The maximum Gasteiger partial charge on any atom is 0.292 e. The first-order chi connectivity index (χ1) is 9.88. The van der Waals surface area contributed by atoms with Gasteiger partial charge in [-0.2, -0.15) is 0 Å². The normalized spacial score (nSPS) is 11.5. The van der Waals surface area contributed by atoms with E-state index in [1.54, 1.807) is 0 Å². The van der Waals surface area contributed by atoms with E-state index in [-0.39, 0.29) is 6.54 Å². The van der Waals surface area contributed by atoms with Crippen LogP contribution in [0, 0.1) is 15.9 Å². The van der Waals surface area contributed by atoms with Gasteiger partial charge in [-0.1, -0.05) is 0 Å². The molecule has 0 aromatic heterocycles. The third-order valence-corrected chi connectivity index (χ3v) is 3.99. The van der Waals surface area contributed by atoms with Crippen molar-refractivity contribution in [3.05, 3.63) is 34.1 Å². The van der Waals surface area contributed by atoms with Gasteiger partial charge < -0.3 is 10.1 Å². The highest BCUT2D eigenvalue weighted by Gasteiger charge is 2.25. The van der Waals surface area contributed by atoms with E-state index in [2.05, 4.69) is 10.0 Å². The molecule has 118 valence electrons. The lowest BCUT2D eigenvalue weighted by molar-refractivity contribution is -0.388. The Kier molecular flexibility index (Phi) is 6.62. The van der Waals surface area contributed by atoms with Crippen LogP contribution in [0.3, 0.4) is 0 Å². The molecule has 0 heterocycles. The van der Waals surface area contributed by atoms with Crippen molar-refractivity contribution in [1.82, 2.24) is 10.0 Å². The Morgan fingerprint density at radius 1 is 1.33 bits per heavy atom. The van der Waals surface area contributed by atoms with Crippen LogP contribution < -0.4 is 10.0 Å². The van der Waals surface area contributed by atoms with Gasteiger partial charge in [0, 0.05) is 26.7 Å². The largest absolute Gasteiger partial charge is 0.383 e. The van der Waals surface area contributed by atoms with Gasteiger partial charge in [-0.25, -0.2) is 17.5 Å². The standard InChI is InChI=1S/C11H16FN3O5S/c1-20-7-6-13-4-5-14-21(18,19)11-3-2-9(12)8-10(11)15(16)17/h2-3,8,13-14H,4-7H2,1H3. The monoisotopic (exact) mass is 321 g/mol. The van der Waals surface area contributed by atoms with Crippen LogP contribution in [0.25, 0.3) is 0 Å². The summed E-state index contributed by atoms with van der Waals surface area (Å²) < 4.78 is 43.9. The average molecular weight is 321 g/mol. The zero-order valence-electron chi connectivity index (χ0n) is 11.3. The van der Waals surface area contributed by atoms with E-state index >= 15 is 0 Å². The highest BCUT2D eigenvalue weighted by atomic mass is 32.2. The van der Waals surface area contributed by atoms with E-state index < -0.39 is 31.3 Å².